The van der Waals surface area contributed by atoms with Crippen LogP contribution in [0.3, 0.4) is 0 Å². The highest BCUT2D eigenvalue weighted by molar-refractivity contribution is 6.30. The first-order valence-electron chi connectivity index (χ1n) is 11.0. The lowest BCUT2D eigenvalue weighted by molar-refractivity contribution is -0.140. The number of β-amino-alcohol motifs (C(OH)–C–C–N with tert-alkyl or cyclic N) is 1. The van der Waals surface area contributed by atoms with Crippen molar-refractivity contribution in [2.45, 2.75) is 30.6 Å². The Morgan fingerprint density at radius 1 is 1.06 bits per heavy atom. The summed E-state index contributed by atoms with van der Waals surface area (Å²) in [6.45, 7) is -0.319. The van der Waals surface area contributed by atoms with Crippen molar-refractivity contribution in [3.05, 3.63) is 59.6 Å². The molecule has 172 valence electrons. The van der Waals surface area contributed by atoms with Crippen LogP contribution in [0.4, 0.5) is 11.4 Å². The van der Waals surface area contributed by atoms with E-state index in [4.69, 9.17) is 16.3 Å². The molecule has 0 saturated carbocycles. The Labute approximate surface area is 195 Å². The molecule has 8 nitrogen and oxygen atoms in total. The van der Waals surface area contributed by atoms with Crippen LogP contribution in [0.5, 0.6) is 0 Å². The highest BCUT2D eigenvalue weighted by atomic mass is 35.5. The number of nitrogens with zero attached hydrogens (tertiary/aromatic N) is 1. The number of ether oxygens (including phenoxy) is 1. The van der Waals surface area contributed by atoms with E-state index < -0.39 is 35.5 Å². The van der Waals surface area contributed by atoms with E-state index in [1.54, 1.807) is 36.4 Å². The Kier molecular flexibility index (Phi) is 5.60. The summed E-state index contributed by atoms with van der Waals surface area (Å²) in [4.78, 5) is 41.5. The minimum absolute atomic E-state index is 0.0170. The molecule has 2 aromatic rings. The van der Waals surface area contributed by atoms with Gasteiger partial charge in [-0.05, 0) is 49.2 Å². The van der Waals surface area contributed by atoms with Crippen molar-refractivity contribution in [3.63, 3.8) is 0 Å². The Hall–Kier alpha value is -2.94. The first-order chi connectivity index (χ1) is 15.9. The number of aliphatic hydroxyl groups excluding tert-OH is 1. The summed E-state index contributed by atoms with van der Waals surface area (Å²) in [5, 5.41) is 15.9. The smallest absolute Gasteiger partial charge is 0.250 e. The van der Waals surface area contributed by atoms with Gasteiger partial charge in [0.1, 0.15) is 11.6 Å². The monoisotopic (exact) mass is 469 g/mol. The van der Waals surface area contributed by atoms with Crippen molar-refractivity contribution in [1.29, 1.82) is 0 Å². The molecule has 2 unspecified atom stereocenters. The third-order valence-electron chi connectivity index (χ3n) is 6.85. The highest BCUT2D eigenvalue weighted by Crippen LogP contribution is 2.58. The Bertz CT molecular complexity index is 1080. The van der Waals surface area contributed by atoms with Gasteiger partial charge in [-0.15, -0.1) is 0 Å². The molecule has 0 radical (unpaired) electrons. The van der Waals surface area contributed by atoms with Crippen molar-refractivity contribution in [2.75, 3.05) is 23.8 Å². The molecule has 3 aliphatic heterocycles. The lowest BCUT2D eigenvalue weighted by Crippen LogP contribution is -2.53. The molecule has 3 N–H and O–H groups in total. The Morgan fingerprint density at radius 2 is 1.73 bits per heavy atom. The number of amides is 3. The maximum absolute atomic E-state index is 13.5. The van der Waals surface area contributed by atoms with E-state index in [9.17, 15) is 19.5 Å². The van der Waals surface area contributed by atoms with Crippen LogP contribution in [0, 0.1) is 11.8 Å². The van der Waals surface area contributed by atoms with Crippen LogP contribution in [0.2, 0.25) is 5.02 Å². The van der Waals surface area contributed by atoms with E-state index in [2.05, 4.69) is 10.6 Å². The van der Waals surface area contributed by atoms with Gasteiger partial charge in [0.25, 0.3) is 0 Å². The van der Waals surface area contributed by atoms with Gasteiger partial charge in [0, 0.05) is 22.9 Å². The van der Waals surface area contributed by atoms with Gasteiger partial charge in [0.2, 0.25) is 17.7 Å². The number of aliphatic hydroxyl groups is 1. The molecule has 3 fully saturated rings. The normalized spacial score (nSPS) is 29.8. The van der Waals surface area contributed by atoms with Crippen LogP contribution in [0.15, 0.2) is 54.6 Å². The van der Waals surface area contributed by atoms with Crippen LogP contribution in [0.1, 0.15) is 12.8 Å². The first kappa shape index (κ1) is 21.9. The molecule has 3 amide bonds. The van der Waals surface area contributed by atoms with E-state index in [1.807, 2.05) is 18.2 Å². The average molecular weight is 470 g/mol. The summed E-state index contributed by atoms with van der Waals surface area (Å²) in [7, 11) is 0. The maximum atomic E-state index is 13.5. The molecular formula is C24H24ClN3O5. The fraction of sp³-hybridized carbons (Fsp3) is 0.375. The average Bonchev–Trinajstić information content (AvgIpc) is 3.44. The zero-order valence-electron chi connectivity index (χ0n) is 17.7. The molecule has 3 heterocycles. The van der Waals surface area contributed by atoms with Gasteiger partial charge >= 0.3 is 0 Å². The standard InChI is InChI=1S/C24H24ClN3O5/c25-14-6-8-16(9-7-14)27-22(31)20-24-11-10-17(33-24)18(19(24)23(32)28(20)12-13-29)21(30)26-15-4-2-1-3-5-15/h1-9,17-20,29H,10-13H2,(H,26,30)(H,27,31)/t17-,18+,19+,20?,24?/m1/s1. The quantitative estimate of drug-likeness (QED) is 0.601. The fourth-order valence-electron chi connectivity index (χ4n) is 5.59. The van der Waals surface area contributed by atoms with Crippen LogP contribution in [-0.2, 0) is 19.1 Å². The zero-order chi connectivity index (χ0) is 23.2. The fourth-order valence-corrected chi connectivity index (χ4v) is 5.72. The number of halogens is 1. The third kappa shape index (κ3) is 3.58. The van der Waals surface area contributed by atoms with Gasteiger partial charge in [0.05, 0.1) is 24.5 Å². The molecule has 2 aromatic carbocycles. The summed E-state index contributed by atoms with van der Waals surface area (Å²) in [6.07, 6.45) is 0.628. The van der Waals surface area contributed by atoms with E-state index in [-0.39, 0.29) is 25.0 Å². The summed E-state index contributed by atoms with van der Waals surface area (Å²) < 4.78 is 6.31. The minimum Gasteiger partial charge on any atom is -0.395 e. The van der Waals surface area contributed by atoms with Gasteiger partial charge < -0.3 is 25.4 Å². The van der Waals surface area contributed by atoms with E-state index in [1.165, 1.54) is 4.90 Å². The van der Waals surface area contributed by atoms with Gasteiger partial charge in [0.15, 0.2) is 0 Å². The van der Waals surface area contributed by atoms with Crippen molar-refractivity contribution in [2.24, 2.45) is 11.8 Å². The molecule has 3 aliphatic rings. The second kappa shape index (κ2) is 8.44. The molecule has 2 bridgehead atoms. The molecule has 3 saturated heterocycles. The van der Waals surface area contributed by atoms with Crippen LogP contribution < -0.4 is 10.6 Å². The number of benzene rings is 2. The number of fused-ring (bicyclic) bond motifs is 1. The summed E-state index contributed by atoms with van der Waals surface area (Å²) >= 11 is 5.93. The van der Waals surface area contributed by atoms with E-state index in [0.29, 0.717) is 29.2 Å². The third-order valence-corrected chi connectivity index (χ3v) is 7.10. The topological polar surface area (TPSA) is 108 Å². The summed E-state index contributed by atoms with van der Waals surface area (Å²) in [6, 6.07) is 14.7. The van der Waals surface area contributed by atoms with Crippen molar-refractivity contribution >= 4 is 40.7 Å². The van der Waals surface area contributed by atoms with Crippen molar-refractivity contribution in [1.82, 2.24) is 4.90 Å². The molecule has 9 heteroatoms. The molecule has 1 spiro atoms. The SMILES string of the molecule is O=C(Nc1ccc(Cl)cc1)C1N(CCO)C(=O)[C@@H]2[C@@H](C(=O)Nc3ccccc3)[C@H]3CCC12O3. The number of rotatable bonds is 6. The minimum atomic E-state index is -1.11. The highest BCUT2D eigenvalue weighted by Gasteiger charge is 2.74. The van der Waals surface area contributed by atoms with Gasteiger partial charge in [-0.2, -0.15) is 0 Å². The number of anilines is 2. The first-order valence-corrected chi connectivity index (χ1v) is 11.3. The van der Waals surface area contributed by atoms with Gasteiger partial charge in [-0.25, -0.2) is 0 Å². The Morgan fingerprint density at radius 3 is 2.42 bits per heavy atom. The lowest BCUT2D eigenvalue weighted by atomic mass is 9.70. The number of carbonyl (C=O) groups excluding carboxylic acids is 3. The van der Waals surface area contributed by atoms with Crippen LogP contribution >= 0.6 is 11.6 Å². The second-order valence-electron chi connectivity index (χ2n) is 8.66. The molecule has 0 aliphatic carbocycles. The second-order valence-corrected chi connectivity index (χ2v) is 9.10. The van der Waals surface area contributed by atoms with Crippen LogP contribution in [-0.4, -0.2) is 58.6 Å². The van der Waals surface area contributed by atoms with Gasteiger partial charge in [-0.1, -0.05) is 29.8 Å². The summed E-state index contributed by atoms with van der Waals surface area (Å²) in [5.74, 6) is -2.54. The molecular weight excluding hydrogens is 446 g/mol. The van der Waals surface area contributed by atoms with Crippen molar-refractivity contribution in [3.8, 4) is 0 Å². The number of likely N-dealkylation sites (tertiary alicyclic amines) is 1. The number of hydrogen-bond donors (Lipinski definition) is 3. The number of nitrogens with one attached hydrogen (secondary N) is 2. The molecule has 33 heavy (non-hydrogen) atoms. The van der Waals surface area contributed by atoms with Crippen LogP contribution in [0.25, 0.3) is 0 Å². The van der Waals surface area contributed by atoms with E-state index in [0.717, 1.165) is 0 Å². The summed E-state index contributed by atoms with van der Waals surface area (Å²) in [5.41, 5.74) is 0.0622. The zero-order valence-corrected chi connectivity index (χ0v) is 18.5. The van der Waals surface area contributed by atoms with Gasteiger partial charge in [-0.3, -0.25) is 14.4 Å². The van der Waals surface area contributed by atoms with Crippen molar-refractivity contribution < 1.29 is 24.2 Å². The largest absolute Gasteiger partial charge is 0.395 e. The number of hydrogen-bond acceptors (Lipinski definition) is 5. The molecule has 0 aromatic heterocycles. The molecule has 5 atom stereocenters. The predicted molar refractivity (Wildman–Crippen MR) is 122 cm³/mol. The number of carbonyl (C=O) groups is 3. The Balaban J connectivity index is 1.45. The lowest BCUT2D eigenvalue weighted by Gasteiger charge is -2.33. The number of para-hydroxylation sites is 1. The maximum Gasteiger partial charge on any atom is 0.250 e. The van der Waals surface area contributed by atoms with E-state index >= 15 is 0 Å². The molecule has 5 rings (SSSR count). The predicted octanol–water partition coefficient (Wildman–Crippen LogP) is 2.28.